The van der Waals surface area contributed by atoms with E-state index in [2.05, 4.69) is 22.1 Å². The molecule has 0 fully saturated rings. The fourth-order valence-electron chi connectivity index (χ4n) is 3.46. The average Bonchev–Trinajstić information content (AvgIpc) is 2.93. The van der Waals surface area contributed by atoms with Gasteiger partial charge in [0.25, 0.3) is 5.69 Å². The number of nitrogens with zero attached hydrogens (tertiary/aromatic N) is 5. The number of para-hydroxylation sites is 1. The van der Waals surface area contributed by atoms with E-state index in [1.807, 2.05) is 6.07 Å². The molecule has 1 amide bonds. The lowest BCUT2D eigenvalue weighted by molar-refractivity contribution is -0.384. The summed E-state index contributed by atoms with van der Waals surface area (Å²) in [6.45, 7) is 3.50. The summed E-state index contributed by atoms with van der Waals surface area (Å²) >= 11 is 7.47. The van der Waals surface area contributed by atoms with Crippen molar-refractivity contribution in [3.63, 3.8) is 0 Å². The van der Waals surface area contributed by atoms with E-state index < -0.39 is 11.2 Å². The molecule has 1 atom stereocenters. The first kappa shape index (κ1) is 22.9. The zero-order chi connectivity index (χ0) is 23.5. The molecule has 0 unspecified atom stereocenters. The Balaban J connectivity index is 1.88. The van der Waals surface area contributed by atoms with Gasteiger partial charge in [0.1, 0.15) is 5.02 Å². The molecule has 0 bridgehead atoms. The molecule has 4 rings (SSSR count). The van der Waals surface area contributed by atoms with Gasteiger partial charge in [-0.3, -0.25) is 19.8 Å². The lowest BCUT2D eigenvalue weighted by Crippen LogP contribution is -2.36. The Morgan fingerprint density at radius 2 is 2.06 bits per heavy atom. The first-order valence-corrected chi connectivity index (χ1v) is 11.6. The molecule has 0 aliphatic carbocycles. The van der Waals surface area contributed by atoms with Gasteiger partial charge in [-0.15, -0.1) is 10.2 Å². The number of nitro benzene ring substituents is 1. The molecule has 1 aromatic heterocycles. The molecule has 3 aromatic rings. The molecule has 1 aliphatic rings. The minimum absolute atomic E-state index is 0.00820. The number of amides is 1. The first-order chi connectivity index (χ1) is 15.9. The number of rotatable bonds is 6. The number of benzene rings is 2. The first-order valence-electron chi connectivity index (χ1n) is 10.3. The molecule has 2 aromatic carbocycles. The summed E-state index contributed by atoms with van der Waals surface area (Å²) in [7, 11) is 0. The maximum atomic E-state index is 12.8. The minimum atomic E-state index is -1.02. The number of halogens is 1. The van der Waals surface area contributed by atoms with Crippen molar-refractivity contribution in [3.8, 4) is 17.1 Å². The molecule has 170 valence electrons. The maximum Gasteiger partial charge on any atom is 0.288 e. The van der Waals surface area contributed by atoms with E-state index in [1.54, 1.807) is 24.3 Å². The Bertz CT molecular complexity index is 1230. The van der Waals surface area contributed by atoms with Crippen LogP contribution in [0.2, 0.25) is 5.02 Å². The Morgan fingerprint density at radius 1 is 1.27 bits per heavy atom. The van der Waals surface area contributed by atoms with Crippen LogP contribution in [-0.4, -0.2) is 31.8 Å². The van der Waals surface area contributed by atoms with Crippen LogP contribution in [0.5, 0.6) is 5.88 Å². The van der Waals surface area contributed by atoms with Gasteiger partial charge in [0.2, 0.25) is 23.2 Å². The summed E-state index contributed by atoms with van der Waals surface area (Å²) in [5.41, 5.74) is 1.65. The summed E-state index contributed by atoms with van der Waals surface area (Å²) in [6, 6.07) is 11.5. The number of hydrogen-bond acceptors (Lipinski definition) is 8. The second kappa shape index (κ2) is 9.72. The largest absolute Gasteiger partial charge is 0.447 e. The van der Waals surface area contributed by atoms with Gasteiger partial charge >= 0.3 is 0 Å². The second-order valence-electron chi connectivity index (χ2n) is 7.29. The van der Waals surface area contributed by atoms with Gasteiger partial charge in [0.05, 0.1) is 10.6 Å². The van der Waals surface area contributed by atoms with Crippen LogP contribution in [0.1, 0.15) is 38.5 Å². The molecule has 33 heavy (non-hydrogen) atoms. The SMILES string of the molecule is CCCCSc1nnc2c(n1)O[C@H](c1ccc(Cl)c([N+](=O)[O-])c1)N(C(C)=O)c1ccccc1-2. The van der Waals surface area contributed by atoms with Crippen LogP contribution in [0, 0.1) is 10.1 Å². The number of aromatic nitrogens is 3. The Morgan fingerprint density at radius 3 is 2.79 bits per heavy atom. The predicted molar refractivity (Wildman–Crippen MR) is 126 cm³/mol. The van der Waals surface area contributed by atoms with Gasteiger partial charge < -0.3 is 4.74 Å². The highest BCUT2D eigenvalue weighted by Crippen LogP contribution is 2.44. The van der Waals surface area contributed by atoms with E-state index in [-0.39, 0.29) is 22.5 Å². The number of hydrogen-bond donors (Lipinski definition) is 0. The highest BCUT2D eigenvalue weighted by molar-refractivity contribution is 7.99. The van der Waals surface area contributed by atoms with E-state index in [0.717, 1.165) is 18.6 Å². The summed E-state index contributed by atoms with van der Waals surface area (Å²) in [6.07, 6.45) is 1.02. The number of anilines is 1. The smallest absolute Gasteiger partial charge is 0.288 e. The van der Waals surface area contributed by atoms with E-state index in [0.29, 0.717) is 27.7 Å². The Hall–Kier alpha value is -3.24. The van der Waals surface area contributed by atoms with Crippen molar-refractivity contribution in [2.45, 2.75) is 38.1 Å². The standard InChI is InChI=1S/C22H20ClN5O4S/c1-3-4-11-33-22-24-20-19(25-26-22)15-7-5-6-8-17(15)27(13(2)29)21(32-20)14-9-10-16(23)18(12-14)28(30)31/h5-10,12,21H,3-4,11H2,1-2H3/t21-/m1/s1. The van der Waals surface area contributed by atoms with Gasteiger partial charge in [-0.1, -0.05) is 61.0 Å². The molecule has 0 N–H and O–H groups in total. The third-order valence-corrected chi connectivity index (χ3v) is 6.28. The zero-order valence-corrected chi connectivity index (χ0v) is 19.5. The number of fused-ring (bicyclic) bond motifs is 3. The van der Waals surface area contributed by atoms with Crippen LogP contribution in [0.3, 0.4) is 0 Å². The van der Waals surface area contributed by atoms with Crippen molar-refractivity contribution in [1.29, 1.82) is 0 Å². The van der Waals surface area contributed by atoms with Crippen molar-refractivity contribution in [3.05, 3.63) is 63.2 Å². The third-order valence-electron chi connectivity index (χ3n) is 5.03. The number of ether oxygens (including phenoxy) is 1. The number of unbranched alkanes of at least 4 members (excludes halogenated alkanes) is 1. The van der Waals surface area contributed by atoms with E-state index >= 15 is 0 Å². The zero-order valence-electron chi connectivity index (χ0n) is 17.9. The molecule has 9 nitrogen and oxygen atoms in total. The van der Waals surface area contributed by atoms with Crippen molar-refractivity contribution in [2.24, 2.45) is 0 Å². The minimum Gasteiger partial charge on any atom is -0.447 e. The molecular weight excluding hydrogens is 466 g/mol. The fourth-order valence-corrected chi connectivity index (χ4v) is 4.51. The Labute approximate surface area is 199 Å². The van der Waals surface area contributed by atoms with Crippen molar-refractivity contribution < 1.29 is 14.5 Å². The van der Waals surface area contributed by atoms with Crippen molar-refractivity contribution in [1.82, 2.24) is 15.2 Å². The number of thioether (sulfide) groups is 1. The summed E-state index contributed by atoms with van der Waals surface area (Å²) in [4.78, 5) is 29.7. The number of carbonyl (C=O) groups excluding carboxylic acids is 1. The predicted octanol–water partition coefficient (Wildman–Crippen LogP) is 5.44. The van der Waals surface area contributed by atoms with Gasteiger partial charge in [-0.05, 0) is 18.6 Å². The van der Waals surface area contributed by atoms with Crippen LogP contribution in [0.4, 0.5) is 11.4 Å². The van der Waals surface area contributed by atoms with E-state index in [9.17, 15) is 14.9 Å². The number of nitro groups is 1. The molecule has 11 heteroatoms. The van der Waals surface area contributed by atoms with Crippen molar-refractivity contribution >= 4 is 40.6 Å². The quantitative estimate of drug-likeness (QED) is 0.196. The second-order valence-corrected chi connectivity index (χ2v) is 8.76. The highest BCUT2D eigenvalue weighted by atomic mass is 35.5. The summed E-state index contributed by atoms with van der Waals surface area (Å²) in [5, 5.41) is 20.5. The summed E-state index contributed by atoms with van der Waals surface area (Å²) in [5.74, 6) is 0.714. The van der Waals surface area contributed by atoms with Crippen LogP contribution >= 0.6 is 23.4 Å². The van der Waals surface area contributed by atoms with Gasteiger partial charge in [-0.25, -0.2) is 0 Å². The highest BCUT2D eigenvalue weighted by Gasteiger charge is 2.35. The van der Waals surface area contributed by atoms with E-state index in [1.165, 1.54) is 35.7 Å². The van der Waals surface area contributed by atoms with Gasteiger partial charge in [-0.2, -0.15) is 4.98 Å². The van der Waals surface area contributed by atoms with Crippen LogP contribution in [0.15, 0.2) is 47.6 Å². The molecule has 2 heterocycles. The monoisotopic (exact) mass is 485 g/mol. The third kappa shape index (κ3) is 4.62. The topological polar surface area (TPSA) is 111 Å². The van der Waals surface area contributed by atoms with Gasteiger partial charge in [0.15, 0.2) is 5.69 Å². The fraction of sp³-hybridized carbons (Fsp3) is 0.273. The molecule has 0 saturated heterocycles. The molecule has 0 radical (unpaired) electrons. The van der Waals surface area contributed by atoms with E-state index in [4.69, 9.17) is 16.3 Å². The maximum absolute atomic E-state index is 12.8. The molecule has 0 spiro atoms. The van der Waals surface area contributed by atoms with Crippen molar-refractivity contribution in [2.75, 3.05) is 10.7 Å². The Kier molecular flexibility index (Phi) is 6.75. The van der Waals surface area contributed by atoms with Gasteiger partial charge in [0, 0.05) is 29.9 Å². The lowest BCUT2D eigenvalue weighted by Gasteiger charge is -2.29. The average molecular weight is 486 g/mol. The van der Waals surface area contributed by atoms with Crippen LogP contribution < -0.4 is 9.64 Å². The van der Waals surface area contributed by atoms with Crippen LogP contribution in [0.25, 0.3) is 11.3 Å². The molecule has 0 saturated carbocycles. The normalized spacial score (nSPS) is 14.6. The van der Waals surface area contributed by atoms with Crippen LogP contribution in [-0.2, 0) is 4.79 Å². The number of carbonyl (C=O) groups is 1. The lowest BCUT2D eigenvalue weighted by atomic mass is 10.1. The molecular formula is C22H20ClN5O4S. The summed E-state index contributed by atoms with van der Waals surface area (Å²) < 4.78 is 6.23. The molecule has 1 aliphatic heterocycles.